The van der Waals surface area contributed by atoms with Gasteiger partial charge in [-0.05, 0) is 6.92 Å². The van der Waals surface area contributed by atoms with Crippen LogP contribution in [0.5, 0.6) is 0 Å². The Balaban J connectivity index is 2.55. The van der Waals surface area contributed by atoms with Crippen LogP contribution in [0.1, 0.15) is 6.92 Å². The second-order valence-corrected chi connectivity index (χ2v) is 5.45. The molecular weight excluding hydrogens is 246 g/mol. The van der Waals surface area contributed by atoms with Crippen molar-refractivity contribution in [1.29, 1.82) is 5.26 Å². The molecule has 0 aromatic heterocycles. The van der Waals surface area contributed by atoms with Crippen LogP contribution in [0.3, 0.4) is 0 Å². The van der Waals surface area contributed by atoms with Gasteiger partial charge in [-0.1, -0.05) is 0 Å². The number of sulfonamides is 1. The zero-order chi connectivity index (χ0) is 12.9. The number of amides is 1. The average molecular weight is 261 g/mol. The van der Waals surface area contributed by atoms with Crippen LogP contribution in [-0.4, -0.2) is 57.3 Å². The van der Waals surface area contributed by atoms with Crippen LogP contribution in [-0.2, 0) is 19.6 Å². The van der Waals surface area contributed by atoms with Gasteiger partial charge in [-0.2, -0.15) is 5.26 Å². The molecule has 0 saturated carbocycles. The first-order chi connectivity index (χ1) is 7.96. The minimum Gasteiger partial charge on any atom is -0.378 e. The van der Waals surface area contributed by atoms with Gasteiger partial charge in [0.05, 0.1) is 25.3 Å². The molecule has 0 spiro atoms. The molecule has 96 valence electrons. The smallest absolute Gasteiger partial charge is 0.240 e. The van der Waals surface area contributed by atoms with Gasteiger partial charge in [0.1, 0.15) is 0 Å². The zero-order valence-electron chi connectivity index (χ0n) is 9.55. The second kappa shape index (κ2) is 5.95. The molecule has 1 heterocycles. The van der Waals surface area contributed by atoms with E-state index in [0.717, 1.165) is 0 Å². The van der Waals surface area contributed by atoms with Gasteiger partial charge in [0.2, 0.25) is 15.9 Å². The number of carbonyl (C=O) groups excluding carboxylic acids is 1. The molecule has 0 radical (unpaired) electrons. The molecule has 1 aliphatic heterocycles. The van der Waals surface area contributed by atoms with Crippen LogP contribution < -0.4 is 4.72 Å². The largest absolute Gasteiger partial charge is 0.378 e. The summed E-state index contributed by atoms with van der Waals surface area (Å²) in [7, 11) is -3.70. The fourth-order valence-corrected chi connectivity index (χ4v) is 2.40. The lowest BCUT2D eigenvalue weighted by Gasteiger charge is -2.29. The lowest BCUT2D eigenvalue weighted by Crippen LogP contribution is -2.50. The number of morpholine rings is 1. The van der Waals surface area contributed by atoms with Crippen molar-refractivity contribution in [3.05, 3.63) is 0 Å². The predicted octanol–water partition coefficient (Wildman–Crippen LogP) is -1.32. The molecule has 17 heavy (non-hydrogen) atoms. The molecule has 0 bridgehead atoms. The van der Waals surface area contributed by atoms with Gasteiger partial charge in [0.15, 0.2) is 5.75 Å². The third kappa shape index (κ3) is 4.30. The summed E-state index contributed by atoms with van der Waals surface area (Å²) in [4.78, 5) is 13.4. The highest BCUT2D eigenvalue weighted by atomic mass is 32.2. The SMILES string of the molecule is CC(NS(=O)(=O)CC#N)C(=O)N1CCOCC1. The van der Waals surface area contributed by atoms with E-state index in [2.05, 4.69) is 4.72 Å². The Morgan fingerprint density at radius 3 is 2.65 bits per heavy atom. The molecule has 0 aliphatic carbocycles. The van der Waals surface area contributed by atoms with E-state index in [-0.39, 0.29) is 5.91 Å². The van der Waals surface area contributed by atoms with Gasteiger partial charge >= 0.3 is 0 Å². The van der Waals surface area contributed by atoms with Crippen LogP contribution >= 0.6 is 0 Å². The molecule has 0 aromatic carbocycles. The molecule has 1 N–H and O–H groups in total. The van der Waals surface area contributed by atoms with Gasteiger partial charge < -0.3 is 9.64 Å². The third-order valence-electron chi connectivity index (χ3n) is 2.30. The molecule has 0 aromatic rings. The summed E-state index contributed by atoms with van der Waals surface area (Å²) in [6.07, 6.45) is 0. The molecule has 1 amide bonds. The van der Waals surface area contributed by atoms with Crippen molar-refractivity contribution in [2.24, 2.45) is 0 Å². The fourth-order valence-electron chi connectivity index (χ4n) is 1.50. The van der Waals surface area contributed by atoms with E-state index in [1.165, 1.54) is 13.0 Å². The molecule has 8 heteroatoms. The van der Waals surface area contributed by atoms with E-state index < -0.39 is 21.8 Å². The van der Waals surface area contributed by atoms with Crippen molar-refractivity contribution >= 4 is 15.9 Å². The lowest BCUT2D eigenvalue weighted by molar-refractivity contribution is -0.136. The van der Waals surface area contributed by atoms with Gasteiger partial charge in [-0.3, -0.25) is 4.79 Å². The number of hydrogen-bond acceptors (Lipinski definition) is 5. The summed E-state index contributed by atoms with van der Waals surface area (Å²) in [6, 6.07) is 0.681. The standard InChI is InChI=1S/C9H15N3O4S/c1-8(11-17(14,15)7-2-10)9(13)12-3-5-16-6-4-12/h8,11H,3-7H2,1H3. The molecule has 1 unspecified atom stereocenters. The predicted molar refractivity (Wildman–Crippen MR) is 59.4 cm³/mol. The number of rotatable bonds is 4. The number of hydrogen-bond donors (Lipinski definition) is 1. The minimum atomic E-state index is -3.70. The van der Waals surface area contributed by atoms with E-state index in [9.17, 15) is 13.2 Å². The van der Waals surface area contributed by atoms with Crippen LogP contribution in [0.4, 0.5) is 0 Å². The highest BCUT2D eigenvalue weighted by Crippen LogP contribution is 2.01. The Hall–Kier alpha value is -1.17. The Labute approximate surface area is 100 Å². The Morgan fingerprint density at radius 1 is 1.53 bits per heavy atom. The molecule has 1 atom stereocenters. The quantitative estimate of drug-likeness (QED) is 0.676. The lowest BCUT2D eigenvalue weighted by atomic mass is 10.3. The topological polar surface area (TPSA) is 99.5 Å². The molecule has 1 fully saturated rings. The summed E-state index contributed by atoms with van der Waals surface area (Å²) in [5, 5.41) is 8.32. The molecule has 1 rings (SSSR count). The highest BCUT2D eigenvalue weighted by Gasteiger charge is 2.25. The summed E-state index contributed by atoms with van der Waals surface area (Å²) >= 11 is 0. The average Bonchev–Trinajstić information content (AvgIpc) is 2.28. The first-order valence-corrected chi connectivity index (χ1v) is 6.85. The van der Waals surface area contributed by atoms with Crippen molar-refractivity contribution in [2.45, 2.75) is 13.0 Å². The van der Waals surface area contributed by atoms with Crippen molar-refractivity contribution in [3.8, 4) is 6.07 Å². The van der Waals surface area contributed by atoms with Gasteiger partial charge in [-0.25, -0.2) is 13.1 Å². The number of ether oxygens (including phenoxy) is 1. The van der Waals surface area contributed by atoms with E-state index in [4.69, 9.17) is 10.00 Å². The zero-order valence-corrected chi connectivity index (χ0v) is 10.4. The Bertz CT molecular complexity index is 408. The normalized spacial score (nSPS) is 18.5. The van der Waals surface area contributed by atoms with Gasteiger partial charge in [0.25, 0.3) is 0 Å². The molecule has 7 nitrogen and oxygen atoms in total. The highest BCUT2D eigenvalue weighted by molar-refractivity contribution is 7.89. The monoisotopic (exact) mass is 261 g/mol. The maximum Gasteiger partial charge on any atom is 0.240 e. The number of nitrogens with one attached hydrogen (secondary N) is 1. The Kier molecular flexibility index (Phi) is 4.86. The summed E-state index contributed by atoms with van der Waals surface area (Å²) in [5.74, 6) is -0.942. The molecular formula is C9H15N3O4S. The molecule has 1 saturated heterocycles. The van der Waals surface area contributed by atoms with Crippen LogP contribution in [0.25, 0.3) is 0 Å². The van der Waals surface area contributed by atoms with Gasteiger partial charge in [0, 0.05) is 13.1 Å². The summed E-state index contributed by atoms with van der Waals surface area (Å²) < 4.78 is 29.9. The van der Waals surface area contributed by atoms with Crippen molar-refractivity contribution in [1.82, 2.24) is 9.62 Å². The van der Waals surface area contributed by atoms with E-state index >= 15 is 0 Å². The third-order valence-corrected chi connectivity index (χ3v) is 3.53. The van der Waals surface area contributed by atoms with Crippen LogP contribution in [0, 0.1) is 11.3 Å². The van der Waals surface area contributed by atoms with E-state index in [1.807, 2.05) is 0 Å². The van der Waals surface area contributed by atoms with Gasteiger partial charge in [-0.15, -0.1) is 0 Å². The van der Waals surface area contributed by atoms with Crippen molar-refractivity contribution in [2.75, 3.05) is 32.1 Å². The Morgan fingerprint density at radius 2 is 2.12 bits per heavy atom. The van der Waals surface area contributed by atoms with Crippen molar-refractivity contribution < 1.29 is 17.9 Å². The number of nitrogens with zero attached hydrogens (tertiary/aromatic N) is 2. The van der Waals surface area contributed by atoms with Crippen LogP contribution in [0.2, 0.25) is 0 Å². The van der Waals surface area contributed by atoms with E-state index in [0.29, 0.717) is 26.3 Å². The maximum absolute atomic E-state index is 11.8. The summed E-state index contributed by atoms with van der Waals surface area (Å²) in [6.45, 7) is 3.31. The fraction of sp³-hybridized carbons (Fsp3) is 0.778. The second-order valence-electron chi connectivity index (χ2n) is 3.69. The van der Waals surface area contributed by atoms with Crippen LogP contribution in [0.15, 0.2) is 0 Å². The van der Waals surface area contributed by atoms with Crippen molar-refractivity contribution in [3.63, 3.8) is 0 Å². The minimum absolute atomic E-state index is 0.296. The maximum atomic E-state index is 11.8. The first-order valence-electron chi connectivity index (χ1n) is 5.20. The first kappa shape index (κ1) is 13.9. The van der Waals surface area contributed by atoms with E-state index in [1.54, 1.807) is 4.90 Å². The number of carbonyl (C=O) groups is 1. The number of nitriles is 1. The summed E-state index contributed by atoms with van der Waals surface area (Å²) in [5.41, 5.74) is 0. The molecule has 1 aliphatic rings.